The molecule has 0 radical (unpaired) electrons. The number of nitrogens with zero attached hydrogens (tertiary/aromatic N) is 3. The highest BCUT2D eigenvalue weighted by Gasteiger charge is 2.19. The van der Waals surface area contributed by atoms with Crippen molar-refractivity contribution in [3.63, 3.8) is 0 Å². The van der Waals surface area contributed by atoms with Gasteiger partial charge in [0.05, 0.1) is 17.4 Å². The van der Waals surface area contributed by atoms with Gasteiger partial charge in [-0.3, -0.25) is 9.67 Å². The number of nitrogens with one attached hydrogen (secondary N) is 1. The zero-order valence-electron chi connectivity index (χ0n) is 11.2. The van der Waals surface area contributed by atoms with Crippen LogP contribution in [0.2, 0.25) is 0 Å². The third-order valence-electron chi connectivity index (χ3n) is 3.08. The summed E-state index contributed by atoms with van der Waals surface area (Å²) < 4.78 is 2.02. The Balaban J connectivity index is 2.43. The van der Waals surface area contributed by atoms with Crippen molar-refractivity contribution in [2.75, 3.05) is 6.54 Å². The fourth-order valence-corrected chi connectivity index (χ4v) is 2.20. The number of rotatable bonds is 5. The van der Waals surface area contributed by atoms with Crippen molar-refractivity contribution in [1.29, 1.82) is 0 Å². The molecule has 18 heavy (non-hydrogen) atoms. The van der Waals surface area contributed by atoms with E-state index in [-0.39, 0.29) is 6.04 Å². The Bertz CT molecular complexity index is 504. The van der Waals surface area contributed by atoms with Crippen LogP contribution in [-0.4, -0.2) is 21.3 Å². The SMILES string of the molecule is CCNC(c1ncccc1C)c1ccnn1CC. The molecule has 2 aromatic heterocycles. The molecule has 0 fully saturated rings. The van der Waals surface area contributed by atoms with Gasteiger partial charge in [0, 0.05) is 18.9 Å². The number of hydrogen-bond donors (Lipinski definition) is 1. The first-order chi connectivity index (χ1) is 8.77. The van der Waals surface area contributed by atoms with E-state index in [1.807, 2.05) is 23.1 Å². The van der Waals surface area contributed by atoms with E-state index in [0.29, 0.717) is 0 Å². The molecule has 0 saturated carbocycles. The van der Waals surface area contributed by atoms with Gasteiger partial charge < -0.3 is 5.32 Å². The molecule has 2 aromatic rings. The highest BCUT2D eigenvalue weighted by molar-refractivity contribution is 5.28. The van der Waals surface area contributed by atoms with Crippen LogP contribution in [0, 0.1) is 6.92 Å². The molecule has 1 N–H and O–H groups in total. The first kappa shape index (κ1) is 12.8. The van der Waals surface area contributed by atoms with Crippen LogP contribution < -0.4 is 5.32 Å². The van der Waals surface area contributed by atoms with Crippen LogP contribution in [0.3, 0.4) is 0 Å². The Morgan fingerprint density at radius 1 is 1.28 bits per heavy atom. The lowest BCUT2D eigenvalue weighted by Gasteiger charge is -2.20. The summed E-state index contributed by atoms with van der Waals surface area (Å²) in [7, 11) is 0. The summed E-state index contributed by atoms with van der Waals surface area (Å²) in [6.45, 7) is 8.08. The molecular weight excluding hydrogens is 224 g/mol. The molecule has 0 spiro atoms. The first-order valence-corrected chi connectivity index (χ1v) is 6.44. The molecule has 0 aliphatic rings. The predicted octanol–water partition coefficient (Wildman–Crippen LogP) is 2.31. The molecule has 96 valence electrons. The first-order valence-electron chi connectivity index (χ1n) is 6.44. The van der Waals surface area contributed by atoms with Crippen LogP contribution in [0.15, 0.2) is 30.6 Å². The van der Waals surface area contributed by atoms with E-state index in [1.54, 1.807) is 0 Å². The van der Waals surface area contributed by atoms with E-state index in [1.165, 1.54) is 11.3 Å². The largest absolute Gasteiger partial charge is 0.304 e. The maximum absolute atomic E-state index is 4.52. The lowest BCUT2D eigenvalue weighted by atomic mass is 10.0. The van der Waals surface area contributed by atoms with E-state index in [9.17, 15) is 0 Å². The maximum atomic E-state index is 4.52. The fraction of sp³-hybridized carbons (Fsp3) is 0.429. The van der Waals surface area contributed by atoms with Gasteiger partial charge in [-0.25, -0.2) is 0 Å². The molecular formula is C14H20N4. The fourth-order valence-electron chi connectivity index (χ4n) is 2.20. The van der Waals surface area contributed by atoms with E-state index < -0.39 is 0 Å². The van der Waals surface area contributed by atoms with Crippen molar-refractivity contribution in [2.24, 2.45) is 0 Å². The molecule has 0 amide bonds. The molecule has 4 heteroatoms. The lowest BCUT2D eigenvalue weighted by molar-refractivity contribution is 0.533. The Morgan fingerprint density at radius 2 is 2.11 bits per heavy atom. The van der Waals surface area contributed by atoms with Crippen LogP contribution in [-0.2, 0) is 6.54 Å². The van der Waals surface area contributed by atoms with Gasteiger partial charge in [0.25, 0.3) is 0 Å². The second-order valence-corrected chi connectivity index (χ2v) is 4.27. The van der Waals surface area contributed by atoms with Gasteiger partial charge in [0.15, 0.2) is 0 Å². The minimum absolute atomic E-state index is 0.110. The smallest absolute Gasteiger partial charge is 0.0924 e. The van der Waals surface area contributed by atoms with Crippen molar-refractivity contribution >= 4 is 0 Å². The van der Waals surface area contributed by atoms with Gasteiger partial charge in [-0.2, -0.15) is 5.10 Å². The highest BCUT2D eigenvalue weighted by atomic mass is 15.3. The monoisotopic (exact) mass is 244 g/mol. The highest BCUT2D eigenvalue weighted by Crippen LogP contribution is 2.22. The van der Waals surface area contributed by atoms with E-state index in [4.69, 9.17) is 0 Å². The Morgan fingerprint density at radius 3 is 2.78 bits per heavy atom. The van der Waals surface area contributed by atoms with Crippen LogP contribution in [0.5, 0.6) is 0 Å². The minimum Gasteiger partial charge on any atom is -0.304 e. The van der Waals surface area contributed by atoms with E-state index in [2.05, 4.69) is 48.3 Å². The summed E-state index contributed by atoms with van der Waals surface area (Å²) in [6, 6.07) is 6.24. The molecule has 4 nitrogen and oxygen atoms in total. The lowest BCUT2D eigenvalue weighted by Crippen LogP contribution is -2.26. The van der Waals surface area contributed by atoms with Crippen LogP contribution in [0.1, 0.15) is 36.8 Å². The van der Waals surface area contributed by atoms with E-state index in [0.717, 1.165) is 18.8 Å². The predicted molar refractivity (Wildman–Crippen MR) is 72.4 cm³/mol. The zero-order chi connectivity index (χ0) is 13.0. The van der Waals surface area contributed by atoms with Gasteiger partial charge in [0.1, 0.15) is 0 Å². The second-order valence-electron chi connectivity index (χ2n) is 4.27. The number of aromatic nitrogens is 3. The van der Waals surface area contributed by atoms with Crippen molar-refractivity contribution in [2.45, 2.75) is 33.4 Å². The average Bonchev–Trinajstić information content (AvgIpc) is 2.85. The molecule has 0 aliphatic heterocycles. The number of aryl methyl sites for hydroxylation is 2. The zero-order valence-corrected chi connectivity index (χ0v) is 11.2. The van der Waals surface area contributed by atoms with Gasteiger partial charge in [0.2, 0.25) is 0 Å². The molecule has 0 saturated heterocycles. The third kappa shape index (κ3) is 2.43. The quantitative estimate of drug-likeness (QED) is 0.877. The van der Waals surface area contributed by atoms with Gasteiger partial charge in [-0.05, 0) is 38.1 Å². The topological polar surface area (TPSA) is 42.7 Å². The van der Waals surface area contributed by atoms with Crippen molar-refractivity contribution in [3.8, 4) is 0 Å². The third-order valence-corrected chi connectivity index (χ3v) is 3.08. The maximum Gasteiger partial charge on any atom is 0.0924 e. The van der Waals surface area contributed by atoms with E-state index >= 15 is 0 Å². The van der Waals surface area contributed by atoms with Crippen molar-refractivity contribution in [3.05, 3.63) is 47.5 Å². The Hall–Kier alpha value is -1.68. The minimum atomic E-state index is 0.110. The second kappa shape index (κ2) is 5.78. The molecule has 1 unspecified atom stereocenters. The summed E-state index contributed by atoms with van der Waals surface area (Å²) in [6.07, 6.45) is 3.70. The summed E-state index contributed by atoms with van der Waals surface area (Å²) in [5, 5.41) is 7.84. The van der Waals surface area contributed by atoms with Crippen LogP contribution >= 0.6 is 0 Å². The Labute approximate surface area is 108 Å². The summed E-state index contributed by atoms with van der Waals surface area (Å²) in [4.78, 5) is 4.52. The Kier molecular flexibility index (Phi) is 4.10. The van der Waals surface area contributed by atoms with Crippen molar-refractivity contribution < 1.29 is 0 Å². The average molecular weight is 244 g/mol. The molecule has 0 aliphatic carbocycles. The molecule has 0 aromatic carbocycles. The molecule has 2 rings (SSSR count). The van der Waals surface area contributed by atoms with Crippen LogP contribution in [0.4, 0.5) is 0 Å². The van der Waals surface area contributed by atoms with Crippen molar-refractivity contribution in [1.82, 2.24) is 20.1 Å². The van der Waals surface area contributed by atoms with Crippen LogP contribution in [0.25, 0.3) is 0 Å². The standard InChI is InChI=1S/C14H20N4/c1-4-15-14(12-8-10-17-18(12)5-2)13-11(3)7-6-9-16-13/h6-10,14-15H,4-5H2,1-3H3. The number of pyridine rings is 1. The molecule has 0 bridgehead atoms. The van der Waals surface area contributed by atoms with Gasteiger partial charge >= 0.3 is 0 Å². The van der Waals surface area contributed by atoms with Gasteiger partial charge in [-0.15, -0.1) is 0 Å². The summed E-state index contributed by atoms with van der Waals surface area (Å²) in [5.74, 6) is 0. The summed E-state index contributed by atoms with van der Waals surface area (Å²) in [5.41, 5.74) is 3.45. The summed E-state index contributed by atoms with van der Waals surface area (Å²) >= 11 is 0. The number of hydrogen-bond acceptors (Lipinski definition) is 3. The molecule has 2 heterocycles. The van der Waals surface area contributed by atoms with Gasteiger partial charge in [-0.1, -0.05) is 13.0 Å². The normalized spacial score (nSPS) is 12.6. The molecule has 1 atom stereocenters.